The summed E-state index contributed by atoms with van der Waals surface area (Å²) in [6.45, 7) is 3.84. The average Bonchev–Trinajstić information content (AvgIpc) is 2.98. The lowest BCUT2D eigenvalue weighted by Gasteiger charge is -2.44. The van der Waals surface area contributed by atoms with Gasteiger partial charge in [-0.05, 0) is 56.6 Å². The Balaban J connectivity index is 1.31. The van der Waals surface area contributed by atoms with E-state index in [-0.39, 0.29) is 12.3 Å². The molecule has 3 amide bonds. The van der Waals surface area contributed by atoms with Crippen LogP contribution in [0.4, 0.5) is 21.0 Å². The number of hydrogen-bond acceptors (Lipinski definition) is 7. The minimum Gasteiger partial charge on any atom is -0.438 e. The van der Waals surface area contributed by atoms with Crippen molar-refractivity contribution in [3.05, 3.63) is 58.1 Å². The molecule has 0 bridgehead atoms. The molecular weight excluding hydrogens is 558 g/mol. The van der Waals surface area contributed by atoms with Gasteiger partial charge in [0.05, 0.1) is 16.4 Å². The average molecular weight is 598 g/mol. The van der Waals surface area contributed by atoms with Crippen molar-refractivity contribution in [2.75, 3.05) is 51.3 Å². The molecule has 3 aliphatic rings. The monoisotopic (exact) mass is 597 g/mol. The summed E-state index contributed by atoms with van der Waals surface area (Å²) in [5.74, 6) is -0.207. The first-order valence-corrected chi connectivity index (χ1v) is 15.0. The largest absolute Gasteiger partial charge is 0.438 e. The number of fused-ring (bicyclic) bond motifs is 2. The van der Waals surface area contributed by atoms with Crippen LogP contribution >= 0.6 is 11.6 Å². The molecule has 2 aromatic carbocycles. The van der Waals surface area contributed by atoms with E-state index in [1.807, 2.05) is 37.3 Å². The second-order valence-electron chi connectivity index (χ2n) is 11.6. The number of halogens is 1. The van der Waals surface area contributed by atoms with Gasteiger partial charge in [0.15, 0.2) is 6.10 Å². The number of carbonyl (C=O) groups excluding carboxylic acids is 3. The summed E-state index contributed by atoms with van der Waals surface area (Å²) >= 11 is 6.42. The predicted octanol–water partition coefficient (Wildman–Crippen LogP) is 4.64. The number of anilines is 2. The van der Waals surface area contributed by atoms with Crippen LogP contribution in [-0.2, 0) is 32.7 Å². The number of carbonyl (C=O) groups is 3. The van der Waals surface area contributed by atoms with Gasteiger partial charge in [-0.3, -0.25) is 10.1 Å². The zero-order chi connectivity index (χ0) is 30.0. The first-order chi connectivity index (χ1) is 20.1. The highest BCUT2D eigenvalue weighted by Crippen LogP contribution is 2.43. The molecule has 0 aromatic heterocycles. The number of piperidine rings is 2. The molecule has 0 saturated carbocycles. The highest BCUT2D eigenvalue weighted by molar-refractivity contribution is 6.33. The molecule has 10 nitrogen and oxygen atoms in total. The van der Waals surface area contributed by atoms with E-state index < -0.39 is 23.9 Å². The number of rotatable bonds is 6. The van der Waals surface area contributed by atoms with Gasteiger partial charge in [0.2, 0.25) is 0 Å². The number of para-hydroxylation sites is 1. The number of ether oxygens (including phenoxy) is 2. The van der Waals surface area contributed by atoms with Crippen molar-refractivity contribution in [1.29, 1.82) is 0 Å². The molecule has 0 radical (unpaired) electrons. The zero-order valence-corrected chi connectivity index (χ0v) is 25.3. The maximum Gasteiger partial charge on any atom is 0.412 e. The molecule has 2 saturated heterocycles. The summed E-state index contributed by atoms with van der Waals surface area (Å²) in [6.07, 6.45) is 1.39. The lowest BCUT2D eigenvalue weighted by Crippen LogP contribution is -2.52. The van der Waals surface area contributed by atoms with Gasteiger partial charge in [0.1, 0.15) is 5.60 Å². The first kappa shape index (κ1) is 30.0. The van der Waals surface area contributed by atoms with Crippen LogP contribution in [0, 0.1) is 0 Å². The molecule has 226 valence electrons. The van der Waals surface area contributed by atoms with E-state index in [4.69, 9.17) is 26.8 Å². The van der Waals surface area contributed by atoms with E-state index in [9.17, 15) is 14.4 Å². The molecule has 11 heteroatoms. The highest BCUT2D eigenvalue weighted by Gasteiger charge is 2.45. The Hall–Kier alpha value is -3.50. The number of aryl methyl sites for hydroxylation is 1. The minimum absolute atomic E-state index is 0.194. The Labute approximate surface area is 252 Å². The molecule has 0 unspecified atom stereocenters. The third-order valence-electron chi connectivity index (χ3n) is 8.87. The van der Waals surface area contributed by atoms with E-state index in [0.717, 1.165) is 35.2 Å². The van der Waals surface area contributed by atoms with Gasteiger partial charge in [-0.1, -0.05) is 42.8 Å². The fraction of sp³-hybridized carbons (Fsp3) is 0.516. The van der Waals surface area contributed by atoms with Gasteiger partial charge >= 0.3 is 12.2 Å². The molecule has 2 aromatic rings. The van der Waals surface area contributed by atoms with Crippen molar-refractivity contribution in [1.82, 2.24) is 14.7 Å². The van der Waals surface area contributed by atoms with Gasteiger partial charge in [0.25, 0.3) is 5.91 Å². The van der Waals surface area contributed by atoms with Crippen LogP contribution in [-0.4, -0.2) is 85.2 Å². The Morgan fingerprint density at radius 1 is 1.14 bits per heavy atom. The second kappa shape index (κ2) is 12.4. The first-order valence-electron chi connectivity index (χ1n) is 14.7. The van der Waals surface area contributed by atoms with Crippen molar-refractivity contribution in [3.63, 3.8) is 0 Å². The number of nitrogens with one attached hydrogen (secondary N) is 1. The van der Waals surface area contributed by atoms with Crippen LogP contribution in [0.3, 0.4) is 0 Å². The number of nitrogens with zero attached hydrogens (tertiary/aromatic N) is 3. The topological polar surface area (TPSA) is 117 Å². The Kier molecular flexibility index (Phi) is 8.84. The second-order valence-corrected chi connectivity index (χ2v) is 12.0. The number of nitrogen functional groups attached to an aromatic ring is 1. The van der Waals surface area contributed by atoms with E-state index in [2.05, 4.69) is 24.3 Å². The number of hydrogen-bond donors (Lipinski definition) is 2. The highest BCUT2D eigenvalue weighted by atomic mass is 35.5. The maximum absolute atomic E-state index is 13.8. The van der Waals surface area contributed by atoms with E-state index in [1.165, 1.54) is 0 Å². The van der Waals surface area contributed by atoms with Gasteiger partial charge in [0, 0.05) is 57.0 Å². The summed E-state index contributed by atoms with van der Waals surface area (Å²) in [4.78, 5) is 45.2. The fourth-order valence-corrected chi connectivity index (χ4v) is 6.58. The lowest BCUT2D eigenvalue weighted by molar-refractivity contribution is -0.142. The maximum atomic E-state index is 13.8. The van der Waals surface area contributed by atoms with Gasteiger partial charge in [-0.2, -0.15) is 0 Å². The molecule has 3 N–H and O–H groups in total. The Morgan fingerprint density at radius 3 is 2.50 bits per heavy atom. The smallest absolute Gasteiger partial charge is 0.412 e. The third-order valence-corrected chi connectivity index (χ3v) is 9.19. The van der Waals surface area contributed by atoms with Gasteiger partial charge < -0.3 is 29.9 Å². The number of benzene rings is 2. The summed E-state index contributed by atoms with van der Waals surface area (Å²) in [7, 11) is 4.10. The van der Waals surface area contributed by atoms with Crippen LogP contribution in [0.15, 0.2) is 36.4 Å². The lowest BCUT2D eigenvalue weighted by atomic mass is 9.82. The van der Waals surface area contributed by atoms with Crippen LogP contribution in [0.25, 0.3) is 0 Å². The third kappa shape index (κ3) is 6.15. The summed E-state index contributed by atoms with van der Waals surface area (Å²) in [5, 5.41) is 3.18. The van der Waals surface area contributed by atoms with Crippen molar-refractivity contribution < 1.29 is 23.9 Å². The van der Waals surface area contributed by atoms with Crippen LogP contribution in [0.5, 0.6) is 0 Å². The summed E-state index contributed by atoms with van der Waals surface area (Å²) in [6, 6.07) is 11.7. The molecule has 0 aliphatic carbocycles. The minimum atomic E-state index is -1.01. The van der Waals surface area contributed by atoms with Gasteiger partial charge in [-0.15, -0.1) is 0 Å². The van der Waals surface area contributed by atoms with Gasteiger partial charge in [-0.25, -0.2) is 9.59 Å². The number of nitrogens with two attached hydrogens (primary N) is 1. The van der Waals surface area contributed by atoms with Crippen molar-refractivity contribution in [2.45, 2.75) is 63.2 Å². The van der Waals surface area contributed by atoms with E-state index in [1.54, 1.807) is 15.9 Å². The van der Waals surface area contributed by atoms with Crippen LogP contribution in [0.2, 0.25) is 5.02 Å². The molecule has 3 aliphatic heterocycles. The predicted molar refractivity (Wildman–Crippen MR) is 162 cm³/mol. The molecular formula is C31H40ClN5O5. The SMILES string of the molecule is CCc1cc(C[C@@H](OC(=O)N2CCC3(CC2)OC(=O)Nc2ccccc23)C(=O)N2CCC(N(C)C)CC2)cc(Cl)c1N. The van der Waals surface area contributed by atoms with Crippen molar-refractivity contribution >= 4 is 41.1 Å². The molecule has 2 fully saturated rings. The number of likely N-dealkylation sites (tertiary alicyclic amines) is 2. The van der Waals surface area contributed by atoms with Crippen molar-refractivity contribution in [3.8, 4) is 0 Å². The van der Waals surface area contributed by atoms with Crippen LogP contribution in [0.1, 0.15) is 49.3 Å². The summed E-state index contributed by atoms with van der Waals surface area (Å²) in [5.41, 5.74) is 9.16. The summed E-state index contributed by atoms with van der Waals surface area (Å²) < 4.78 is 11.8. The zero-order valence-electron chi connectivity index (χ0n) is 24.5. The Bertz CT molecular complexity index is 1330. The molecule has 1 spiro atoms. The molecule has 5 rings (SSSR count). The molecule has 42 heavy (non-hydrogen) atoms. The standard InChI is InChI=1S/C31H40ClN5O5/c1-4-21-17-20(18-24(32)27(21)33)19-26(28(38)36-13-9-22(10-14-36)35(2)3)41-30(40)37-15-11-31(12-16-37)23-7-5-6-8-25(23)34-29(39)42-31/h5-8,17-18,22,26H,4,9-16,19,33H2,1-3H3,(H,34,39)/t26-/m1/s1. The quantitative estimate of drug-likeness (QED) is 0.466. The number of amides is 3. The Morgan fingerprint density at radius 2 is 1.83 bits per heavy atom. The molecule has 3 heterocycles. The van der Waals surface area contributed by atoms with Crippen molar-refractivity contribution in [2.24, 2.45) is 0 Å². The van der Waals surface area contributed by atoms with Crippen LogP contribution < -0.4 is 11.1 Å². The fourth-order valence-electron chi connectivity index (χ4n) is 6.32. The van der Waals surface area contributed by atoms with E-state index in [0.29, 0.717) is 62.2 Å². The normalized spacial score (nSPS) is 19.2. The molecule has 1 atom stereocenters. The van der Waals surface area contributed by atoms with E-state index >= 15 is 0 Å².